The first-order valence-corrected chi connectivity index (χ1v) is 9.58. The van der Waals surface area contributed by atoms with Crippen molar-refractivity contribution in [2.24, 2.45) is 0 Å². The van der Waals surface area contributed by atoms with E-state index in [1.165, 1.54) is 6.26 Å². The van der Waals surface area contributed by atoms with E-state index in [4.69, 9.17) is 16.0 Å². The molecule has 1 aliphatic rings. The molecule has 150 valence electrons. The van der Waals surface area contributed by atoms with Gasteiger partial charge in [0.2, 0.25) is 5.91 Å². The van der Waals surface area contributed by atoms with Gasteiger partial charge in [0, 0.05) is 32.4 Å². The Kier molecular flexibility index (Phi) is 6.19. The van der Waals surface area contributed by atoms with Gasteiger partial charge in [-0.2, -0.15) is 13.2 Å². The number of alkyl halides is 3. The summed E-state index contributed by atoms with van der Waals surface area (Å²) in [5.41, 5.74) is -0.939. The van der Waals surface area contributed by atoms with E-state index in [1.54, 1.807) is 21.9 Å². The van der Waals surface area contributed by atoms with Crippen LogP contribution in [0.25, 0.3) is 0 Å². The molecule has 3 rings (SSSR count). The third kappa shape index (κ3) is 4.79. The van der Waals surface area contributed by atoms with Gasteiger partial charge in [0.1, 0.15) is 5.03 Å². The molecule has 0 N–H and O–H groups in total. The summed E-state index contributed by atoms with van der Waals surface area (Å²) < 4.78 is 43.0. The number of furan rings is 1. The zero-order chi connectivity index (χ0) is 20.3. The number of amides is 2. The zero-order valence-corrected chi connectivity index (χ0v) is 16.0. The van der Waals surface area contributed by atoms with E-state index >= 15 is 0 Å². The number of aromatic nitrogens is 1. The van der Waals surface area contributed by atoms with Crippen LogP contribution in [0.2, 0.25) is 5.02 Å². The lowest BCUT2D eigenvalue weighted by Crippen LogP contribution is -2.51. The molecule has 0 spiro atoms. The smallest absolute Gasteiger partial charge is 0.417 e. The lowest BCUT2D eigenvalue weighted by Gasteiger charge is -2.34. The fourth-order valence-electron chi connectivity index (χ4n) is 2.62. The molecule has 3 heterocycles. The van der Waals surface area contributed by atoms with Gasteiger partial charge in [-0.25, -0.2) is 4.98 Å². The quantitative estimate of drug-likeness (QED) is 0.691. The molecule has 1 saturated heterocycles. The van der Waals surface area contributed by atoms with E-state index in [-0.39, 0.29) is 33.4 Å². The Morgan fingerprint density at radius 1 is 1.21 bits per heavy atom. The fourth-order valence-corrected chi connectivity index (χ4v) is 3.72. The predicted octanol–water partition coefficient (Wildman–Crippen LogP) is 3.42. The van der Waals surface area contributed by atoms with Crippen molar-refractivity contribution in [2.75, 3.05) is 31.9 Å². The average Bonchev–Trinajstić information content (AvgIpc) is 3.20. The molecule has 2 aromatic heterocycles. The lowest BCUT2D eigenvalue weighted by atomic mass is 10.3. The van der Waals surface area contributed by atoms with E-state index in [1.807, 2.05) is 0 Å². The van der Waals surface area contributed by atoms with E-state index < -0.39 is 11.7 Å². The summed E-state index contributed by atoms with van der Waals surface area (Å²) >= 11 is 6.82. The maximum atomic E-state index is 12.6. The number of thioether (sulfide) groups is 1. The lowest BCUT2D eigenvalue weighted by molar-refractivity contribution is -0.138. The Morgan fingerprint density at radius 2 is 1.89 bits per heavy atom. The molecule has 1 aliphatic heterocycles. The first kappa shape index (κ1) is 20.5. The van der Waals surface area contributed by atoms with Crippen LogP contribution in [0.5, 0.6) is 0 Å². The van der Waals surface area contributed by atoms with Crippen molar-refractivity contribution in [3.05, 3.63) is 47.0 Å². The second-order valence-corrected chi connectivity index (χ2v) is 7.32. The van der Waals surface area contributed by atoms with Gasteiger partial charge in [-0.15, -0.1) is 0 Å². The van der Waals surface area contributed by atoms with Gasteiger partial charge in [0.15, 0.2) is 5.76 Å². The summed E-state index contributed by atoms with van der Waals surface area (Å²) in [4.78, 5) is 31.4. The Labute approximate surface area is 167 Å². The number of piperazine rings is 1. The van der Waals surface area contributed by atoms with Crippen LogP contribution in [0.1, 0.15) is 16.1 Å². The minimum Gasteiger partial charge on any atom is -0.459 e. The van der Waals surface area contributed by atoms with Gasteiger partial charge in [-0.05, 0) is 18.2 Å². The first-order valence-electron chi connectivity index (χ1n) is 8.22. The molecule has 28 heavy (non-hydrogen) atoms. The van der Waals surface area contributed by atoms with Crippen molar-refractivity contribution >= 4 is 35.2 Å². The SMILES string of the molecule is O=C(CSc1ncc(C(F)(F)F)cc1Cl)N1CCN(C(=O)c2ccco2)CC1. The second kappa shape index (κ2) is 8.44. The molecule has 11 heteroatoms. The van der Waals surface area contributed by atoms with Crippen molar-refractivity contribution in [3.8, 4) is 0 Å². The van der Waals surface area contributed by atoms with Crippen molar-refractivity contribution in [1.82, 2.24) is 14.8 Å². The molecular weight excluding hydrogens is 419 g/mol. The van der Waals surface area contributed by atoms with Gasteiger partial charge in [-0.1, -0.05) is 23.4 Å². The molecule has 0 saturated carbocycles. The summed E-state index contributed by atoms with van der Waals surface area (Å²) in [6.07, 6.45) is -2.41. The Balaban J connectivity index is 1.50. The van der Waals surface area contributed by atoms with Crippen LogP contribution < -0.4 is 0 Å². The predicted molar refractivity (Wildman–Crippen MR) is 96.2 cm³/mol. The molecule has 0 radical (unpaired) electrons. The molecule has 0 unspecified atom stereocenters. The maximum absolute atomic E-state index is 12.6. The van der Waals surface area contributed by atoms with E-state index in [2.05, 4.69) is 4.98 Å². The van der Waals surface area contributed by atoms with Crippen LogP contribution in [0.3, 0.4) is 0 Å². The minimum atomic E-state index is -4.53. The molecule has 0 atom stereocenters. The van der Waals surface area contributed by atoms with Crippen LogP contribution in [0, 0.1) is 0 Å². The summed E-state index contributed by atoms with van der Waals surface area (Å²) in [6, 6.07) is 4.00. The monoisotopic (exact) mass is 433 g/mol. The Morgan fingerprint density at radius 3 is 2.46 bits per heavy atom. The number of rotatable bonds is 4. The van der Waals surface area contributed by atoms with Crippen LogP contribution in [-0.2, 0) is 11.0 Å². The van der Waals surface area contributed by atoms with Gasteiger partial charge in [0.25, 0.3) is 5.91 Å². The number of hydrogen-bond acceptors (Lipinski definition) is 5. The largest absolute Gasteiger partial charge is 0.459 e. The third-order valence-corrected chi connectivity index (χ3v) is 5.51. The van der Waals surface area contributed by atoms with E-state index in [0.717, 1.165) is 17.8 Å². The van der Waals surface area contributed by atoms with E-state index in [9.17, 15) is 22.8 Å². The minimum absolute atomic E-state index is 0.00971. The highest BCUT2D eigenvalue weighted by Crippen LogP contribution is 2.33. The molecule has 2 amide bonds. The average molecular weight is 434 g/mol. The number of halogens is 4. The van der Waals surface area contributed by atoms with Crippen LogP contribution in [0.4, 0.5) is 13.2 Å². The fraction of sp³-hybridized carbons (Fsp3) is 0.353. The van der Waals surface area contributed by atoms with Crippen molar-refractivity contribution in [2.45, 2.75) is 11.2 Å². The van der Waals surface area contributed by atoms with E-state index in [0.29, 0.717) is 32.4 Å². The number of carbonyl (C=O) groups excluding carboxylic acids is 2. The Bertz CT molecular complexity index is 853. The summed E-state index contributed by atoms with van der Waals surface area (Å²) in [6.45, 7) is 1.46. The number of nitrogens with zero attached hydrogens (tertiary/aromatic N) is 3. The maximum Gasteiger partial charge on any atom is 0.417 e. The third-order valence-electron chi connectivity index (χ3n) is 4.12. The number of carbonyl (C=O) groups is 2. The number of hydrogen-bond donors (Lipinski definition) is 0. The van der Waals surface area contributed by atoms with Crippen molar-refractivity contribution in [3.63, 3.8) is 0 Å². The summed E-state index contributed by atoms with van der Waals surface area (Å²) in [5.74, 6) is -0.192. The van der Waals surface area contributed by atoms with Gasteiger partial charge >= 0.3 is 6.18 Å². The normalized spacial score (nSPS) is 15.0. The van der Waals surface area contributed by atoms with Gasteiger partial charge in [-0.3, -0.25) is 9.59 Å². The molecule has 2 aromatic rings. The van der Waals surface area contributed by atoms with Gasteiger partial charge < -0.3 is 14.2 Å². The van der Waals surface area contributed by atoms with Crippen LogP contribution in [-0.4, -0.2) is 58.5 Å². The second-order valence-electron chi connectivity index (χ2n) is 5.95. The molecule has 1 fully saturated rings. The van der Waals surface area contributed by atoms with Crippen molar-refractivity contribution in [1.29, 1.82) is 0 Å². The topological polar surface area (TPSA) is 66.7 Å². The Hall–Kier alpha value is -2.20. The highest BCUT2D eigenvalue weighted by molar-refractivity contribution is 8.00. The van der Waals surface area contributed by atoms with Crippen LogP contribution in [0.15, 0.2) is 40.1 Å². The van der Waals surface area contributed by atoms with Crippen molar-refractivity contribution < 1.29 is 27.2 Å². The summed E-state index contributed by atoms with van der Waals surface area (Å²) in [5, 5.41) is 0.0103. The molecule has 0 bridgehead atoms. The van der Waals surface area contributed by atoms with Gasteiger partial charge in [0.05, 0.1) is 22.6 Å². The molecule has 0 aliphatic carbocycles. The number of pyridine rings is 1. The summed E-state index contributed by atoms with van der Waals surface area (Å²) in [7, 11) is 0. The molecule has 0 aromatic carbocycles. The van der Waals surface area contributed by atoms with Crippen LogP contribution >= 0.6 is 23.4 Å². The standard InChI is InChI=1S/C17H15ClF3N3O3S/c18-12-8-11(17(19,20)21)9-22-15(12)28-10-14(25)23-3-5-24(6-4-23)16(26)13-2-1-7-27-13/h1-2,7-9H,3-6,10H2. The molecule has 6 nitrogen and oxygen atoms in total. The highest BCUT2D eigenvalue weighted by atomic mass is 35.5. The zero-order valence-electron chi connectivity index (χ0n) is 14.4. The highest BCUT2D eigenvalue weighted by Gasteiger charge is 2.32. The first-order chi connectivity index (χ1) is 13.3. The molecular formula is C17H15ClF3N3O3S.